The standard InChI is InChI=1S/C19H16Cl3NO/c20-15-3-1-2-14(10-15)19-7-6-17(24-19)12-23-9-8-13-4-5-16(21)11-18(13)22/h1-7,10-11,23H,8-9,12H2. The minimum Gasteiger partial charge on any atom is -0.460 e. The van der Waals surface area contributed by atoms with Crippen LogP contribution < -0.4 is 5.32 Å². The lowest BCUT2D eigenvalue weighted by atomic mass is 10.1. The van der Waals surface area contributed by atoms with Crippen molar-refractivity contribution in [2.45, 2.75) is 13.0 Å². The zero-order chi connectivity index (χ0) is 16.9. The van der Waals surface area contributed by atoms with Gasteiger partial charge in [-0.15, -0.1) is 0 Å². The van der Waals surface area contributed by atoms with Crippen molar-refractivity contribution in [2.24, 2.45) is 0 Å². The maximum absolute atomic E-state index is 6.17. The molecule has 0 aliphatic heterocycles. The molecule has 0 spiro atoms. The molecule has 2 aromatic carbocycles. The number of halogens is 3. The van der Waals surface area contributed by atoms with Gasteiger partial charge in [-0.05, 0) is 54.9 Å². The second kappa shape index (κ2) is 8.09. The molecule has 0 aliphatic rings. The topological polar surface area (TPSA) is 25.2 Å². The smallest absolute Gasteiger partial charge is 0.134 e. The van der Waals surface area contributed by atoms with Crippen LogP contribution in [0.15, 0.2) is 59.0 Å². The summed E-state index contributed by atoms with van der Waals surface area (Å²) in [5.74, 6) is 1.70. The van der Waals surface area contributed by atoms with Gasteiger partial charge in [0.15, 0.2) is 0 Å². The number of hydrogen-bond donors (Lipinski definition) is 1. The van der Waals surface area contributed by atoms with E-state index in [-0.39, 0.29) is 0 Å². The van der Waals surface area contributed by atoms with Crippen LogP contribution in [-0.4, -0.2) is 6.54 Å². The average Bonchev–Trinajstić information content (AvgIpc) is 3.02. The van der Waals surface area contributed by atoms with Gasteiger partial charge in [0.2, 0.25) is 0 Å². The third-order valence-corrected chi connectivity index (χ3v) is 4.48. The summed E-state index contributed by atoms with van der Waals surface area (Å²) < 4.78 is 5.85. The van der Waals surface area contributed by atoms with Gasteiger partial charge in [0.25, 0.3) is 0 Å². The molecule has 0 radical (unpaired) electrons. The van der Waals surface area contributed by atoms with Crippen molar-refractivity contribution < 1.29 is 4.42 Å². The van der Waals surface area contributed by atoms with Gasteiger partial charge in [0.05, 0.1) is 6.54 Å². The Kier molecular flexibility index (Phi) is 5.85. The highest BCUT2D eigenvalue weighted by molar-refractivity contribution is 6.35. The second-order valence-electron chi connectivity index (χ2n) is 5.44. The predicted octanol–water partition coefficient (Wildman–Crippen LogP) is 6.24. The highest BCUT2D eigenvalue weighted by atomic mass is 35.5. The summed E-state index contributed by atoms with van der Waals surface area (Å²) in [5.41, 5.74) is 2.05. The molecule has 1 N–H and O–H groups in total. The van der Waals surface area contributed by atoms with Crippen LogP contribution in [0.25, 0.3) is 11.3 Å². The molecule has 0 aliphatic carbocycles. The monoisotopic (exact) mass is 379 g/mol. The zero-order valence-corrected chi connectivity index (χ0v) is 15.1. The Labute approximate surface area is 156 Å². The molecule has 0 fully saturated rings. The molecule has 2 nitrogen and oxygen atoms in total. The van der Waals surface area contributed by atoms with Crippen molar-refractivity contribution in [3.05, 3.63) is 81.0 Å². The van der Waals surface area contributed by atoms with Crippen LogP contribution in [-0.2, 0) is 13.0 Å². The molecule has 0 atom stereocenters. The lowest BCUT2D eigenvalue weighted by Crippen LogP contribution is -2.16. The zero-order valence-electron chi connectivity index (χ0n) is 12.9. The highest BCUT2D eigenvalue weighted by Gasteiger charge is 2.06. The normalized spacial score (nSPS) is 11.0. The van der Waals surface area contributed by atoms with E-state index < -0.39 is 0 Å². The van der Waals surface area contributed by atoms with Crippen molar-refractivity contribution in [3.8, 4) is 11.3 Å². The van der Waals surface area contributed by atoms with E-state index in [9.17, 15) is 0 Å². The summed E-state index contributed by atoms with van der Waals surface area (Å²) in [5, 5.41) is 5.41. The Bertz CT molecular complexity index is 829. The lowest BCUT2D eigenvalue weighted by molar-refractivity contribution is 0.495. The van der Waals surface area contributed by atoms with Crippen LogP contribution in [0.5, 0.6) is 0 Å². The number of benzene rings is 2. The van der Waals surface area contributed by atoms with E-state index in [1.807, 2.05) is 48.5 Å². The summed E-state index contributed by atoms with van der Waals surface area (Å²) >= 11 is 18.1. The number of rotatable bonds is 6. The molecule has 1 heterocycles. The third kappa shape index (κ3) is 4.55. The minimum absolute atomic E-state index is 0.654. The van der Waals surface area contributed by atoms with E-state index in [1.54, 1.807) is 6.07 Å². The second-order valence-corrected chi connectivity index (χ2v) is 6.72. The van der Waals surface area contributed by atoms with Crippen molar-refractivity contribution in [3.63, 3.8) is 0 Å². The molecule has 0 unspecified atom stereocenters. The Morgan fingerprint density at radius 3 is 2.50 bits per heavy atom. The van der Waals surface area contributed by atoms with E-state index in [2.05, 4.69) is 5.32 Å². The first-order valence-electron chi connectivity index (χ1n) is 7.61. The first kappa shape index (κ1) is 17.4. The van der Waals surface area contributed by atoms with Gasteiger partial charge in [0.1, 0.15) is 11.5 Å². The minimum atomic E-state index is 0.654. The molecule has 0 bridgehead atoms. The van der Waals surface area contributed by atoms with E-state index in [1.165, 1.54) is 0 Å². The molecule has 0 saturated heterocycles. The molecule has 24 heavy (non-hydrogen) atoms. The number of hydrogen-bond acceptors (Lipinski definition) is 2. The van der Waals surface area contributed by atoms with Crippen molar-refractivity contribution in [2.75, 3.05) is 6.54 Å². The summed E-state index contributed by atoms with van der Waals surface area (Å²) in [7, 11) is 0. The summed E-state index contributed by atoms with van der Waals surface area (Å²) in [6.45, 7) is 1.46. The largest absolute Gasteiger partial charge is 0.460 e. The van der Waals surface area contributed by atoms with E-state index in [0.29, 0.717) is 21.6 Å². The summed E-state index contributed by atoms with van der Waals surface area (Å²) in [4.78, 5) is 0. The van der Waals surface area contributed by atoms with Crippen molar-refractivity contribution >= 4 is 34.8 Å². The lowest BCUT2D eigenvalue weighted by Gasteiger charge is -2.06. The first-order chi connectivity index (χ1) is 11.6. The third-order valence-electron chi connectivity index (χ3n) is 3.66. The van der Waals surface area contributed by atoms with Gasteiger partial charge in [-0.2, -0.15) is 0 Å². The number of nitrogens with one attached hydrogen (secondary N) is 1. The molecule has 5 heteroatoms. The Balaban J connectivity index is 1.52. The van der Waals surface area contributed by atoms with E-state index in [0.717, 1.165) is 35.6 Å². The van der Waals surface area contributed by atoms with Gasteiger partial charge in [-0.3, -0.25) is 0 Å². The molecular weight excluding hydrogens is 365 g/mol. The van der Waals surface area contributed by atoms with Crippen LogP contribution in [0.1, 0.15) is 11.3 Å². The van der Waals surface area contributed by atoms with Gasteiger partial charge in [0, 0.05) is 20.6 Å². The maximum Gasteiger partial charge on any atom is 0.134 e. The van der Waals surface area contributed by atoms with Crippen molar-refractivity contribution in [1.82, 2.24) is 5.32 Å². The van der Waals surface area contributed by atoms with Gasteiger partial charge >= 0.3 is 0 Å². The molecule has 0 amide bonds. The molecule has 0 saturated carbocycles. The number of furan rings is 1. The maximum atomic E-state index is 6.17. The van der Waals surface area contributed by atoms with E-state index in [4.69, 9.17) is 39.2 Å². The highest BCUT2D eigenvalue weighted by Crippen LogP contribution is 2.25. The average molecular weight is 381 g/mol. The fraction of sp³-hybridized carbons (Fsp3) is 0.158. The van der Waals surface area contributed by atoms with Crippen molar-refractivity contribution in [1.29, 1.82) is 0 Å². The fourth-order valence-electron chi connectivity index (χ4n) is 2.43. The van der Waals surface area contributed by atoms with Crippen LogP contribution in [0, 0.1) is 0 Å². The predicted molar refractivity (Wildman–Crippen MR) is 101 cm³/mol. The van der Waals surface area contributed by atoms with Crippen LogP contribution >= 0.6 is 34.8 Å². The summed E-state index contributed by atoms with van der Waals surface area (Å²) in [6.07, 6.45) is 0.831. The summed E-state index contributed by atoms with van der Waals surface area (Å²) in [6, 6.07) is 17.1. The van der Waals surface area contributed by atoms with Gasteiger partial charge in [-0.1, -0.05) is 53.0 Å². The molecule has 3 rings (SSSR count). The first-order valence-corrected chi connectivity index (χ1v) is 8.74. The van der Waals surface area contributed by atoms with E-state index >= 15 is 0 Å². The fourth-order valence-corrected chi connectivity index (χ4v) is 3.12. The van der Waals surface area contributed by atoms with Crippen LogP contribution in [0.3, 0.4) is 0 Å². The SMILES string of the molecule is Clc1cccc(-c2ccc(CNCCc3ccc(Cl)cc3Cl)o2)c1. The molecular formula is C19H16Cl3NO. The quantitative estimate of drug-likeness (QED) is 0.512. The van der Waals surface area contributed by atoms with Crippen LogP contribution in [0.4, 0.5) is 0 Å². The molecule has 1 aromatic heterocycles. The Morgan fingerprint density at radius 1 is 0.875 bits per heavy atom. The van der Waals surface area contributed by atoms with Gasteiger partial charge in [-0.25, -0.2) is 0 Å². The Hall–Kier alpha value is -1.45. The molecule has 3 aromatic rings. The Morgan fingerprint density at radius 2 is 1.71 bits per heavy atom. The molecule has 124 valence electrons. The van der Waals surface area contributed by atoms with Crippen LogP contribution in [0.2, 0.25) is 15.1 Å². The van der Waals surface area contributed by atoms with Gasteiger partial charge < -0.3 is 9.73 Å².